The van der Waals surface area contributed by atoms with E-state index in [2.05, 4.69) is 10.2 Å². The van der Waals surface area contributed by atoms with Gasteiger partial charge in [-0.05, 0) is 11.1 Å². The van der Waals surface area contributed by atoms with E-state index in [0.29, 0.717) is 11.1 Å². The van der Waals surface area contributed by atoms with Crippen molar-refractivity contribution >= 4 is 35.4 Å². The van der Waals surface area contributed by atoms with E-state index in [9.17, 15) is 29.3 Å². The first kappa shape index (κ1) is 22.9. The van der Waals surface area contributed by atoms with Gasteiger partial charge in [0.2, 0.25) is 11.7 Å². The van der Waals surface area contributed by atoms with E-state index in [4.69, 9.17) is 9.84 Å². The van der Waals surface area contributed by atoms with Gasteiger partial charge < -0.3 is 20.0 Å². The summed E-state index contributed by atoms with van der Waals surface area (Å²) < 4.78 is 4.87. The topological polar surface area (TPSA) is 162 Å². The standard InChI is InChI=1S/C16H18N2O9S/c1-10(19)17-13(15(21)22)8-28-9-14(20)16(23)26-6-11-2-4-12(5-3-11)7-27-18(24)25/h2-5,13H,6-9H2,1H3,(H,17,19)(H,21,22)/t13-/m0/s1. The van der Waals surface area contributed by atoms with Crippen LogP contribution in [-0.4, -0.2) is 51.4 Å². The predicted molar refractivity (Wildman–Crippen MR) is 95.6 cm³/mol. The van der Waals surface area contributed by atoms with Crippen LogP contribution in [0.3, 0.4) is 0 Å². The Balaban J connectivity index is 2.38. The number of hydrogen-bond acceptors (Lipinski definition) is 9. The summed E-state index contributed by atoms with van der Waals surface area (Å²) >= 11 is 0.885. The van der Waals surface area contributed by atoms with Gasteiger partial charge in [-0.1, -0.05) is 24.3 Å². The lowest BCUT2D eigenvalue weighted by molar-refractivity contribution is -0.763. The smallest absolute Gasteiger partial charge is 0.375 e. The van der Waals surface area contributed by atoms with Crippen LogP contribution in [0.1, 0.15) is 18.1 Å². The molecule has 1 aromatic carbocycles. The van der Waals surface area contributed by atoms with Crippen LogP contribution < -0.4 is 5.32 Å². The first-order valence-corrected chi connectivity index (χ1v) is 8.97. The molecular formula is C16H18N2O9S. The molecule has 0 saturated heterocycles. The number of carboxylic acid groups (broad SMARTS) is 1. The quantitative estimate of drug-likeness (QED) is 0.211. The largest absolute Gasteiger partial charge is 0.480 e. The first-order valence-electron chi connectivity index (χ1n) is 7.81. The van der Waals surface area contributed by atoms with Crippen molar-refractivity contribution in [1.29, 1.82) is 0 Å². The number of carboxylic acids is 1. The Morgan fingerprint density at radius 1 is 1.18 bits per heavy atom. The number of esters is 1. The van der Waals surface area contributed by atoms with Gasteiger partial charge in [0.05, 0.1) is 5.75 Å². The van der Waals surface area contributed by atoms with Crippen LogP contribution in [-0.2, 0) is 42.0 Å². The van der Waals surface area contributed by atoms with E-state index < -0.39 is 34.8 Å². The zero-order chi connectivity index (χ0) is 21.1. The van der Waals surface area contributed by atoms with E-state index in [-0.39, 0.29) is 24.7 Å². The van der Waals surface area contributed by atoms with Crippen LogP contribution in [0, 0.1) is 10.1 Å². The molecule has 0 bridgehead atoms. The number of nitrogens with zero attached hydrogens (tertiary/aromatic N) is 1. The van der Waals surface area contributed by atoms with Crippen molar-refractivity contribution < 1.29 is 38.9 Å². The van der Waals surface area contributed by atoms with Crippen molar-refractivity contribution in [3.05, 3.63) is 45.5 Å². The summed E-state index contributed by atoms with van der Waals surface area (Å²) in [6.45, 7) is 0.791. The maximum Gasteiger partial charge on any atom is 0.375 e. The predicted octanol–water partition coefficient (Wildman–Crippen LogP) is 0.330. The average Bonchev–Trinajstić information content (AvgIpc) is 2.63. The molecule has 2 N–H and O–H groups in total. The van der Waals surface area contributed by atoms with E-state index in [1.807, 2.05) is 0 Å². The lowest BCUT2D eigenvalue weighted by Gasteiger charge is -2.12. The van der Waals surface area contributed by atoms with Gasteiger partial charge >= 0.3 is 11.9 Å². The Kier molecular flexibility index (Phi) is 9.43. The van der Waals surface area contributed by atoms with Gasteiger partial charge in [0.1, 0.15) is 19.3 Å². The molecule has 12 heteroatoms. The minimum atomic E-state index is -1.25. The highest BCUT2D eigenvalue weighted by atomic mass is 32.2. The zero-order valence-electron chi connectivity index (χ0n) is 14.8. The second-order valence-electron chi connectivity index (χ2n) is 5.42. The molecule has 0 radical (unpaired) electrons. The number of Topliss-reactive ketones (excluding diaryl/α,β-unsaturated/α-hetero) is 1. The molecule has 0 aliphatic rings. The number of amides is 1. The van der Waals surface area contributed by atoms with E-state index in [0.717, 1.165) is 11.8 Å². The monoisotopic (exact) mass is 414 g/mol. The number of carbonyl (C=O) groups is 4. The zero-order valence-corrected chi connectivity index (χ0v) is 15.6. The van der Waals surface area contributed by atoms with Crippen LogP contribution in [0.25, 0.3) is 0 Å². The van der Waals surface area contributed by atoms with Crippen molar-refractivity contribution in [2.24, 2.45) is 0 Å². The van der Waals surface area contributed by atoms with Crippen molar-refractivity contribution in [2.75, 3.05) is 11.5 Å². The molecule has 28 heavy (non-hydrogen) atoms. The summed E-state index contributed by atoms with van der Waals surface area (Å²) in [6, 6.07) is 5.08. The molecule has 0 aromatic heterocycles. The molecule has 1 atom stereocenters. The minimum absolute atomic E-state index is 0.0817. The fourth-order valence-electron chi connectivity index (χ4n) is 1.84. The summed E-state index contributed by atoms with van der Waals surface area (Å²) in [5.41, 5.74) is 1.11. The molecule has 152 valence electrons. The molecule has 11 nitrogen and oxygen atoms in total. The molecular weight excluding hydrogens is 396 g/mol. The molecule has 1 aromatic rings. The highest BCUT2D eigenvalue weighted by Crippen LogP contribution is 2.09. The molecule has 0 aliphatic heterocycles. The van der Waals surface area contributed by atoms with Gasteiger partial charge in [0, 0.05) is 12.7 Å². The second kappa shape index (κ2) is 11.5. The molecule has 0 unspecified atom stereocenters. The highest BCUT2D eigenvalue weighted by molar-refractivity contribution is 8.00. The third-order valence-electron chi connectivity index (χ3n) is 3.15. The summed E-state index contributed by atoms with van der Waals surface area (Å²) in [4.78, 5) is 59.6. The summed E-state index contributed by atoms with van der Waals surface area (Å²) in [5.74, 6) is -4.05. The Hall–Kier alpha value is -3.15. The van der Waals surface area contributed by atoms with Crippen LogP contribution >= 0.6 is 11.8 Å². The van der Waals surface area contributed by atoms with Gasteiger partial charge in [-0.15, -0.1) is 10.1 Å². The van der Waals surface area contributed by atoms with Gasteiger partial charge in [-0.25, -0.2) is 9.59 Å². The number of aliphatic carboxylic acids is 1. The number of hydrogen-bond donors (Lipinski definition) is 2. The van der Waals surface area contributed by atoms with Crippen LogP contribution in [0.15, 0.2) is 24.3 Å². The van der Waals surface area contributed by atoms with Crippen LogP contribution in [0.5, 0.6) is 0 Å². The van der Waals surface area contributed by atoms with E-state index in [1.54, 1.807) is 24.3 Å². The number of rotatable bonds is 12. The molecule has 0 heterocycles. The van der Waals surface area contributed by atoms with Crippen molar-refractivity contribution in [2.45, 2.75) is 26.2 Å². The summed E-state index contributed by atoms with van der Waals surface area (Å²) in [7, 11) is 0. The normalized spacial score (nSPS) is 11.2. The van der Waals surface area contributed by atoms with Gasteiger partial charge in [0.15, 0.2) is 0 Å². The van der Waals surface area contributed by atoms with Gasteiger partial charge in [0.25, 0.3) is 5.09 Å². The van der Waals surface area contributed by atoms with E-state index in [1.165, 1.54) is 6.92 Å². The maximum atomic E-state index is 11.7. The number of ketones is 1. The first-order chi connectivity index (χ1) is 13.2. The van der Waals surface area contributed by atoms with Crippen molar-refractivity contribution in [3.8, 4) is 0 Å². The number of thioether (sulfide) groups is 1. The Labute approximate surface area is 163 Å². The Morgan fingerprint density at radius 2 is 1.75 bits per heavy atom. The molecule has 0 aliphatic carbocycles. The molecule has 0 fully saturated rings. The van der Waals surface area contributed by atoms with Crippen molar-refractivity contribution in [3.63, 3.8) is 0 Å². The number of ether oxygens (including phenoxy) is 1. The molecule has 1 rings (SSSR count). The third kappa shape index (κ3) is 8.98. The van der Waals surface area contributed by atoms with Gasteiger partial charge in [-0.2, -0.15) is 11.8 Å². The highest BCUT2D eigenvalue weighted by Gasteiger charge is 2.21. The fourth-order valence-corrected chi connectivity index (χ4v) is 2.72. The Morgan fingerprint density at radius 3 is 2.25 bits per heavy atom. The number of nitrogens with one attached hydrogen (secondary N) is 1. The number of carbonyl (C=O) groups excluding carboxylic acids is 3. The average molecular weight is 414 g/mol. The summed E-state index contributed by atoms with van der Waals surface area (Å²) in [5, 5.41) is 20.4. The van der Waals surface area contributed by atoms with Gasteiger partial charge in [-0.3, -0.25) is 9.59 Å². The second-order valence-corrected chi connectivity index (χ2v) is 6.45. The number of benzene rings is 1. The lowest BCUT2D eigenvalue weighted by Crippen LogP contribution is -2.41. The summed E-state index contributed by atoms with van der Waals surface area (Å²) in [6.07, 6.45) is 0. The fraction of sp³-hybridized carbons (Fsp3) is 0.375. The van der Waals surface area contributed by atoms with E-state index >= 15 is 0 Å². The van der Waals surface area contributed by atoms with Crippen molar-refractivity contribution in [1.82, 2.24) is 5.32 Å². The lowest BCUT2D eigenvalue weighted by atomic mass is 10.1. The maximum absolute atomic E-state index is 11.7. The molecule has 0 saturated carbocycles. The Bertz CT molecular complexity index is 736. The van der Waals surface area contributed by atoms with Crippen LogP contribution in [0.4, 0.5) is 0 Å². The SMILES string of the molecule is CC(=O)N[C@@H](CSCC(=O)C(=O)OCc1ccc(CO[N+](=O)[O-])cc1)C(=O)O. The third-order valence-corrected chi connectivity index (χ3v) is 4.19. The minimum Gasteiger partial charge on any atom is -0.480 e. The van der Waals surface area contributed by atoms with Crippen LogP contribution in [0.2, 0.25) is 0 Å². The molecule has 0 spiro atoms. The molecule has 1 amide bonds.